The molecule has 0 rings (SSSR count). The van der Waals surface area contributed by atoms with Gasteiger partial charge in [0.1, 0.15) is 0 Å². The molecule has 0 N–H and O–H groups in total. The van der Waals surface area contributed by atoms with Crippen LogP contribution in [0.3, 0.4) is 0 Å². The van der Waals surface area contributed by atoms with Crippen LogP contribution >= 0.6 is 0 Å². The summed E-state index contributed by atoms with van der Waals surface area (Å²) in [6, 6.07) is 0. The van der Waals surface area contributed by atoms with Crippen LogP contribution in [0.25, 0.3) is 0 Å². The van der Waals surface area contributed by atoms with Crippen molar-refractivity contribution in [3.05, 3.63) is 0 Å². The fraction of sp³-hybridized carbons (Fsp3) is 0.857. The van der Waals surface area contributed by atoms with Crippen molar-refractivity contribution in [1.29, 1.82) is 0 Å². The van der Waals surface area contributed by atoms with Crippen molar-refractivity contribution >= 4 is 11.9 Å². The van der Waals surface area contributed by atoms with Crippen molar-refractivity contribution in [2.45, 2.75) is 65.2 Å². The first-order chi connectivity index (χ1) is 9.20. The van der Waals surface area contributed by atoms with Gasteiger partial charge in [-0.3, -0.25) is 9.68 Å². The number of unbranched alkanes of at least 4 members (excludes halogenated alkanes) is 5. The molecule has 0 saturated heterocycles. The maximum Gasteiger partial charge on any atom is 0.342 e. The quantitative estimate of drug-likeness (QED) is 0.237. The minimum absolute atomic E-state index is 0.110. The van der Waals surface area contributed by atoms with Crippen LogP contribution in [-0.4, -0.2) is 25.2 Å². The van der Waals surface area contributed by atoms with Gasteiger partial charge in [0.05, 0.1) is 13.2 Å². The standard InChI is InChI=1S/C14H26O5/c1-3-17-13(15)11-9-7-5-6-8-10-12-14(16)19-18-4-2/h3-12H2,1-2H3. The van der Waals surface area contributed by atoms with E-state index < -0.39 is 0 Å². The Balaban J connectivity index is 3.18. The fourth-order valence-corrected chi connectivity index (χ4v) is 1.65. The average Bonchev–Trinajstić information content (AvgIpc) is 2.39. The molecule has 0 aliphatic heterocycles. The number of carbonyl (C=O) groups excluding carboxylic acids is 2. The summed E-state index contributed by atoms with van der Waals surface area (Å²) in [5.74, 6) is -0.412. The van der Waals surface area contributed by atoms with Crippen molar-refractivity contribution in [3.63, 3.8) is 0 Å². The van der Waals surface area contributed by atoms with Crippen LogP contribution in [0.5, 0.6) is 0 Å². The van der Waals surface area contributed by atoms with Gasteiger partial charge in [-0.25, -0.2) is 4.79 Å². The van der Waals surface area contributed by atoms with Gasteiger partial charge in [-0.05, 0) is 26.7 Å². The highest BCUT2D eigenvalue weighted by atomic mass is 17.2. The van der Waals surface area contributed by atoms with Gasteiger partial charge in [-0.2, -0.15) is 4.89 Å². The van der Waals surface area contributed by atoms with Crippen molar-refractivity contribution in [2.24, 2.45) is 0 Å². The average molecular weight is 274 g/mol. The maximum absolute atomic E-state index is 11.1. The molecule has 19 heavy (non-hydrogen) atoms. The third-order valence-corrected chi connectivity index (χ3v) is 2.59. The predicted octanol–water partition coefficient (Wildman–Crippen LogP) is 3.17. The van der Waals surface area contributed by atoms with E-state index in [1.807, 2.05) is 6.92 Å². The second-order valence-corrected chi connectivity index (χ2v) is 4.29. The van der Waals surface area contributed by atoms with E-state index >= 15 is 0 Å². The number of rotatable bonds is 12. The monoisotopic (exact) mass is 274 g/mol. The Hall–Kier alpha value is -1.10. The second-order valence-electron chi connectivity index (χ2n) is 4.29. The smallest absolute Gasteiger partial charge is 0.342 e. The van der Waals surface area contributed by atoms with Gasteiger partial charge in [0.25, 0.3) is 0 Å². The molecule has 0 aliphatic rings. The first-order valence-corrected chi connectivity index (χ1v) is 7.18. The Bertz CT molecular complexity index is 240. The summed E-state index contributed by atoms with van der Waals surface area (Å²) in [6.45, 7) is 4.42. The first-order valence-electron chi connectivity index (χ1n) is 7.18. The van der Waals surface area contributed by atoms with Gasteiger partial charge in [0.2, 0.25) is 0 Å². The van der Waals surface area contributed by atoms with Crippen LogP contribution in [-0.2, 0) is 24.1 Å². The Labute approximate surface area is 115 Å². The molecule has 0 saturated carbocycles. The summed E-state index contributed by atoms with van der Waals surface area (Å²) in [5, 5.41) is 0. The van der Waals surface area contributed by atoms with Gasteiger partial charge in [-0.1, -0.05) is 25.7 Å². The molecule has 0 amide bonds. The zero-order valence-electron chi connectivity index (χ0n) is 12.1. The molecule has 0 fully saturated rings. The lowest BCUT2D eigenvalue weighted by molar-refractivity contribution is -0.269. The first kappa shape index (κ1) is 17.9. The largest absolute Gasteiger partial charge is 0.466 e. The molecule has 0 radical (unpaired) electrons. The van der Waals surface area contributed by atoms with Crippen LogP contribution in [0.15, 0.2) is 0 Å². The van der Waals surface area contributed by atoms with E-state index in [1.54, 1.807) is 6.92 Å². The molecule has 0 bridgehead atoms. The summed E-state index contributed by atoms with van der Waals surface area (Å²) in [4.78, 5) is 31.2. The van der Waals surface area contributed by atoms with Crippen molar-refractivity contribution in [3.8, 4) is 0 Å². The van der Waals surface area contributed by atoms with E-state index in [2.05, 4.69) is 9.78 Å². The highest BCUT2D eigenvalue weighted by molar-refractivity contribution is 5.69. The van der Waals surface area contributed by atoms with Crippen molar-refractivity contribution in [2.75, 3.05) is 13.2 Å². The summed E-state index contributed by atoms with van der Waals surface area (Å²) >= 11 is 0. The molecule has 5 heteroatoms. The molecule has 0 spiro atoms. The SMILES string of the molecule is CCOOC(=O)CCCCCCCCC(=O)OCC. The summed E-state index contributed by atoms with van der Waals surface area (Å²) in [6.07, 6.45) is 6.81. The van der Waals surface area contributed by atoms with Gasteiger partial charge in [0.15, 0.2) is 0 Å². The normalized spacial score (nSPS) is 10.2. The van der Waals surface area contributed by atoms with Crippen LogP contribution in [0.4, 0.5) is 0 Å². The number of hydrogen-bond acceptors (Lipinski definition) is 5. The maximum atomic E-state index is 11.1. The molecule has 0 aromatic heterocycles. The lowest BCUT2D eigenvalue weighted by atomic mass is 10.1. The highest BCUT2D eigenvalue weighted by Crippen LogP contribution is 2.09. The van der Waals surface area contributed by atoms with E-state index in [0.29, 0.717) is 26.1 Å². The number of carbonyl (C=O) groups is 2. The Morgan fingerprint density at radius 1 is 0.737 bits per heavy atom. The van der Waals surface area contributed by atoms with Gasteiger partial charge in [0, 0.05) is 12.8 Å². The third kappa shape index (κ3) is 13.1. The second kappa shape index (κ2) is 13.3. The Kier molecular flexibility index (Phi) is 12.6. The van der Waals surface area contributed by atoms with Crippen LogP contribution in [0, 0.1) is 0 Å². The molecule has 0 aromatic rings. The van der Waals surface area contributed by atoms with Gasteiger partial charge >= 0.3 is 11.9 Å². The molecule has 0 heterocycles. The predicted molar refractivity (Wildman–Crippen MR) is 71.3 cm³/mol. The van der Waals surface area contributed by atoms with E-state index in [-0.39, 0.29) is 11.9 Å². The number of esters is 1. The van der Waals surface area contributed by atoms with Crippen LogP contribution in [0.2, 0.25) is 0 Å². The van der Waals surface area contributed by atoms with E-state index in [1.165, 1.54) is 0 Å². The molecule has 0 aliphatic carbocycles. The topological polar surface area (TPSA) is 61.8 Å². The number of ether oxygens (including phenoxy) is 1. The van der Waals surface area contributed by atoms with Crippen LogP contribution in [0.1, 0.15) is 65.2 Å². The Morgan fingerprint density at radius 3 is 1.79 bits per heavy atom. The molecule has 0 aromatic carbocycles. The summed E-state index contributed by atoms with van der Waals surface area (Å²) < 4.78 is 4.84. The Morgan fingerprint density at radius 2 is 1.26 bits per heavy atom. The fourth-order valence-electron chi connectivity index (χ4n) is 1.65. The summed E-state index contributed by atoms with van der Waals surface area (Å²) in [7, 11) is 0. The molecular formula is C14H26O5. The molecule has 112 valence electrons. The van der Waals surface area contributed by atoms with Crippen molar-refractivity contribution in [1.82, 2.24) is 0 Å². The van der Waals surface area contributed by atoms with E-state index in [0.717, 1.165) is 38.5 Å². The minimum atomic E-state index is -0.302. The lowest BCUT2D eigenvalue weighted by Crippen LogP contribution is -2.04. The minimum Gasteiger partial charge on any atom is -0.466 e. The van der Waals surface area contributed by atoms with Gasteiger partial charge < -0.3 is 4.74 Å². The van der Waals surface area contributed by atoms with Crippen LogP contribution < -0.4 is 0 Å². The third-order valence-electron chi connectivity index (χ3n) is 2.59. The molecule has 0 atom stereocenters. The lowest BCUT2D eigenvalue weighted by Gasteiger charge is -2.03. The van der Waals surface area contributed by atoms with Gasteiger partial charge in [-0.15, -0.1) is 0 Å². The number of hydrogen-bond donors (Lipinski definition) is 0. The highest BCUT2D eigenvalue weighted by Gasteiger charge is 2.03. The zero-order valence-corrected chi connectivity index (χ0v) is 12.1. The zero-order chi connectivity index (χ0) is 14.3. The van der Waals surface area contributed by atoms with Crippen molar-refractivity contribution < 1.29 is 24.1 Å². The van der Waals surface area contributed by atoms with E-state index in [9.17, 15) is 9.59 Å². The summed E-state index contributed by atoms with van der Waals surface area (Å²) in [5.41, 5.74) is 0. The molecule has 0 unspecified atom stereocenters. The van der Waals surface area contributed by atoms with E-state index in [4.69, 9.17) is 4.74 Å². The molecular weight excluding hydrogens is 248 g/mol. The molecule has 5 nitrogen and oxygen atoms in total.